The van der Waals surface area contributed by atoms with Crippen molar-refractivity contribution in [3.05, 3.63) is 108 Å². The lowest BCUT2D eigenvalue weighted by molar-refractivity contribution is -0.122. The fourth-order valence-corrected chi connectivity index (χ4v) is 5.38. The number of nitrogens with zero attached hydrogens (tertiary/aromatic N) is 1. The smallest absolute Gasteiger partial charge is 0.232 e. The van der Waals surface area contributed by atoms with Crippen LogP contribution in [0.2, 0.25) is 0 Å². The summed E-state index contributed by atoms with van der Waals surface area (Å²) in [5.41, 5.74) is 8.41. The zero-order valence-corrected chi connectivity index (χ0v) is 21.0. The molecule has 1 aliphatic rings. The van der Waals surface area contributed by atoms with E-state index in [1.807, 2.05) is 66.7 Å². The van der Waals surface area contributed by atoms with Gasteiger partial charge in [0.05, 0.1) is 18.1 Å². The minimum absolute atomic E-state index is 0.0609. The highest BCUT2D eigenvalue weighted by Gasteiger charge is 2.42. The van der Waals surface area contributed by atoms with Crippen molar-refractivity contribution >= 4 is 5.91 Å². The Labute approximate surface area is 210 Å². The van der Waals surface area contributed by atoms with Crippen LogP contribution in [0.3, 0.4) is 0 Å². The monoisotopic (exact) mass is 470 g/mol. The number of primary amides is 1. The van der Waals surface area contributed by atoms with Crippen molar-refractivity contribution in [1.82, 2.24) is 4.90 Å². The lowest BCUT2D eigenvalue weighted by atomic mass is 9.69. The van der Waals surface area contributed by atoms with Crippen molar-refractivity contribution in [3.63, 3.8) is 0 Å². The Hall–Kier alpha value is -2.95. The third-order valence-electron chi connectivity index (χ3n) is 7.69. The Morgan fingerprint density at radius 3 is 1.80 bits per heavy atom. The van der Waals surface area contributed by atoms with Gasteiger partial charge in [0.25, 0.3) is 0 Å². The fraction of sp³-hybridized carbons (Fsp3) is 0.387. The summed E-state index contributed by atoms with van der Waals surface area (Å²) in [6, 6.07) is 30.4. The third kappa shape index (κ3) is 5.83. The molecule has 0 saturated carbocycles. The van der Waals surface area contributed by atoms with Gasteiger partial charge in [-0.2, -0.15) is 0 Å². The van der Waals surface area contributed by atoms with Gasteiger partial charge in [-0.25, -0.2) is 0 Å². The number of benzene rings is 3. The van der Waals surface area contributed by atoms with E-state index >= 15 is 0 Å². The van der Waals surface area contributed by atoms with Gasteiger partial charge in [-0.1, -0.05) is 91.0 Å². The van der Waals surface area contributed by atoms with E-state index in [4.69, 9.17) is 10.5 Å². The third-order valence-corrected chi connectivity index (χ3v) is 7.69. The summed E-state index contributed by atoms with van der Waals surface area (Å²) in [5.74, 6) is -0.293. The molecule has 1 heterocycles. The number of piperidine rings is 1. The molecule has 4 rings (SSSR count). The highest BCUT2D eigenvalue weighted by Crippen LogP contribution is 2.39. The van der Waals surface area contributed by atoms with Crippen molar-refractivity contribution in [1.29, 1.82) is 0 Å². The molecule has 0 aromatic heterocycles. The van der Waals surface area contributed by atoms with Crippen molar-refractivity contribution in [2.75, 3.05) is 13.1 Å². The van der Waals surface area contributed by atoms with E-state index in [-0.39, 0.29) is 11.4 Å². The lowest BCUT2D eigenvalue weighted by Gasteiger charge is -2.44. The summed E-state index contributed by atoms with van der Waals surface area (Å²) < 4.78 is 6.20. The summed E-state index contributed by atoms with van der Waals surface area (Å²) in [5, 5.41) is 0. The maximum absolute atomic E-state index is 13.1. The SMILES string of the molecule is CC(C)(CCC(C(N)=O)(c1ccccc1)c1ccccc1)N1CCC(OCc2ccccc2)CC1. The van der Waals surface area contributed by atoms with Gasteiger partial charge in [-0.05, 0) is 56.2 Å². The molecule has 3 aromatic carbocycles. The number of amides is 1. The molecule has 2 N–H and O–H groups in total. The van der Waals surface area contributed by atoms with Crippen molar-refractivity contribution in [2.24, 2.45) is 5.73 Å². The van der Waals surface area contributed by atoms with Gasteiger partial charge in [0.1, 0.15) is 0 Å². The summed E-state index contributed by atoms with van der Waals surface area (Å²) in [6.07, 6.45) is 3.85. The van der Waals surface area contributed by atoms with E-state index < -0.39 is 5.41 Å². The molecule has 4 heteroatoms. The van der Waals surface area contributed by atoms with Crippen LogP contribution in [0.15, 0.2) is 91.0 Å². The van der Waals surface area contributed by atoms with Crippen LogP contribution in [0.25, 0.3) is 0 Å². The minimum atomic E-state index is -0.850. The number of carbonyl (C=O) groups is 1. The number of likely N-dealkylation sites (tertiary alicyclic amines) is 1. The molecule has 0 radical (unpaired) electrons. The van der Waals surface area contributed by atoms with Crippen LogP contribution < -0.4 is 5.73 Å². The molecule has 1 amide bonds. The highest BCUT2D eigenvalue weighted by atomic mass is 16.5. The Balaban J connectivity index is 1.44. The van der Waals surface area contributed by atoms with Crippen LogP contribution >= 0.6 is 0 Å². The molecule has 4 nitrogen and oxygen atoms in total. The molecule has 35 heavy (non-hydrogen) atoms. The molecular weight excluding hydrogens is 432 g/mol. The molecule has 1 fully saturated rings. The van der Waals surface area contributed by atoms with Gasteiger partial charge in [0, 0.05) is 18.6 Å². The van der Waals surface area contributed by atoms with E-state index in [1.165, 1.54) is 5.56 Å². The topological polar surface area (TPSA) is 55.6 Å². The number of hydrogen-bond donors (Lipinski definition) is 1. The van der Waals surface area contributed by atoms with Crippen LogP contribution in [0, 0.1) is 0 Å². The fourth-order valence-electron chi connectivity index (χ4n) is 5.38. The number of hydrogen-bond acceptors (Lipinski definition) is 3. The van der Waals surface area contributed by atoms with E-state index in [2.05, 4.69) is 43.0 Å². The zero-order valence-electron chi connectivity index (χ0n) is 21.0. The number of rotatable bonds is 10. The molecule has 0 spiro atoms. The van der Waals surface area contributed by atoms with Gasteiger partial charge in [0.15, 0.2) is 0 Å². The second-order valence-corrected chi connectivity index (χ2v) is 10.3. The predicted molar refractivity (Wildman–Crippen MR) is 142 cm³/mol. The number of carbonyl (C=O) groups excluding carboxylic acids is 1. The van der Waals surface area contributed by atoms with Crippen LogP contribution in [0.5, 0.6) is 0 Å². The maximum atomic E-state index is 13.1. The van der Waals surface area contributed by atoms with Crippen LogP contribution in [-0.2, 0) is 21.6 Å². The Bertz CT molecular complexity index is 1020. The van der Waals surface area contributed by atoms with Crippen LogP contribution in [-0.4, -0.2) is 35.5 Å². The Morgan fingerprint density at radius 1 is 0.829 bits per heavy atom. The first kappa shape index (κ1) is 25.2. The van der Waals surface area contributed by atoms with Crippen molar-refractivity contribution < 1.29 is 9.53 Å². The standard InChI is InChI=1S/C31H38N2O2/c1-30(2,33-22-18-28(19-23-33)35-24-25-12-6-3-7-13-25)20-21-31(29(32)34,26-14-8-4-9-15-26)27-16-10-5-11-17-27/h3-17,28H,18-24H2,1-2H3,(H2,32,34). The molecule has 0 atom stereocenters. The van der Waals surface area contributed by atoms with Gasteiger partial charge in [-0.3, -0.25) is 9.69 Å². The van der Waals surface area contributed by atoms with Crippen molar-refractivity contribution in [3.8, 4) is 0 Å². The highest BCUT2D eigenvalue weighted by molar-refractivity contribution is 5.90. The Morgan fingerprint density at radius 2 is 1.31 bits per heavy atom. The Kier molecular flexibility index (Phi) is 8.04. The molecule has 0 aliphatic carbocycles. The summed E-state index contributed by atoms with van der Waals surface area (Å²) in [6.45, 7) is 7.24. The second-order valence-electron chi connectivity index (χ2n) is 10.3. The van der Waals surface area contributed by atoms with E-state index in [9.17, 15) is 4.79 Å². The molecule has 1 saturated heterocycles. The van der Waals surface area contributed by atoms with E-state index in [0.29, 0.717) is 19.1 Å². The lowest BCUT2D eigenvalue weighted by Crippen LogP contribution is -2.51. The first-order valence-corrected chi connectivity index (χ1v) is 12.7. The number of ether oxygens (including phenoxy) is 1. The average Bonchev–Trinajstić information content (AvgIpc) is 2.90. The van der Waals surface area contributed by atoms with Gasteiger partial charge in [-0.15, -0.1) is 0 Å². The van der Waals surface area contributed by atoms with Gasteiger partial charge < -0.3 is 10.5 Å². The summed E-state index contributed by atoms with van der Waals surface area (Å²) >= 11 is 0. The van der Waals surface area contributed by atoms with Crippen LogP contribution in [0.4, 0.5) is 0 Å². The van der Waals surface area contributed by atoms with E-state index in [1.54, 1.807) is 0 Å². The molecule has 0 bridgehead atoms. The largest absolute Gasteiger partial charge is 0.373 e. The van der Waals surface area contributed by atoms with Crippen LogP contribution in [0.1, 0.15) is 56.2 Å². The molecule has 3 aromatic rings. The first-order chi connectivity index (χ1) is 16.9. The maximum Gasteiger partial charge on any atom is 0.232 e. The zero-order chi connectivity index (χ0) is 24.7. The molecule has 0 unspecified atom stereocenters. The van der Waals surface area contributed by atoms with Crippen molar-refractivity contribution in [2.45, 2.75) is 63.2 Å². The quantitative estimate of drug-likeness (QED) is 0.414. The molecule has 184 valence electrons. The second kappa shape index (κ2) is 11.2. The molecular formula is C31H38N2O2. The first-order valence-electron chi connectivity index (χ1n) is 12.7. The molecule has 1 aliphatic heterocycles. The van der Waals surface area contributed by atoms with Gasteiger partial charge in [0.2, 0.25) is 5.91 Å². The normalized spacial score (nSPS) is 15.7. The predicted octanol–water partition coefficient (Wildman–Crippen LogP) is 5.70. The summed E-state index contributed by atoms with van der Waals surface area (Å²) in [7, 11) is 0. The van der Waals surface area contributed by atoms with Gasteiger partial charge >= 0.3 is 0 Å². The van der Waals surface area contributed by atoms with E-state index in [0.717, 1.165) is 43.5 Å². The minimum Gasteiger partial charge on any atom is -0.373 e. The summed E-state index contributed by atoms with van der Waals surface area (Å²) in [4.78, 5) is 15.7. The number of nitrogens with two attached hydrogens (primary N) is 1. The average molecular weight is 471 g/mol.